The van der Waals surface area contributed by atoms with E-state index < -0.39 is 0 Å². The van der Waals surface area contributed by atoms with Crippen molar-refractivity contribution in [1.29, 1.82) is 0 Å². The van der Waals surface area contributed by atoms with E-state index in [0.29, 0.717) is 0 Å². The summed E-state index contributed by atoms with van der Waals surface area (Å²) in [5.74, 6) is 0. The van der Waals surface area contributed by atoms with Crippen LogP contribution in [0, 0.1) is 6.92 Å². The van der Waals surface area contributed by atoms with Crippen LogP contribution in [0.25, 0.3) is 5.57 Å². The van der Waals surface area contributed by atoms with Gasteiger partial charge in [0.1, 0.15) is 0 Å². The van der Waals surface area contributed by atoms with Gasteiger partial charge in [-0.1, -0.05) is 103 Å². The Morgan fingerprint density at radius 3 is 1.85 bits per heavy atom. The summed E-state index contributed by atoms with van der Waals surface area (Å²) >= 11 is 0. The van der Waals surface area contributed by atoms with E-state index in [2.05, 4.69) is 122 Å². The van der Waals surface area contributed by atoms with Crippen molar-refractivity contribution in [2.45, 2.75) is 18.4 Å². The zero-order valence-corrected chi connectivity index (χ0v) is 15.9. The molecule has 1 N–H and O–H groups in total. The van der Waals surface area contributed by atoms with Gasteiger partial charge in [0.05, 0.1) is 5.41 Å². The van der Waals surface area contributed by atoms with Gasteiger partial charge in [0, 0.05) is 6.04 Å². The van der Waals surface area contributed by atoms with Crippen molar-refractivity contribution in [1.82, 2.24) is 5.32 Å². The minimum Gasteiger partial charge on any atom is -0.312 e. The molecule has 0 fully saturated rings. The third-order valence-corrected chi connectivity index (χ3v) is 5.66. The minimum absolute atomic E-state index is 0.155. The van der Waals surface area contributed by atoms with E-state index in [1.807, 2.05) is 0 Å². The van der Waals surface area contributed by atoms with Crippen molar-refractivity contribution in [3.63, 3.8) is 0 Å². The molecule has 0 amide bonds. The number of rotatable bonds is 4. The SMILES string of the molecule is CNC1C=CC=C(c2ccccc2C)C1(c1ccccc1)c1ccccc1. The molecule has 27 heavy (non-hydrogen) atoms. The Hall–Kier alpha value is -2.90. The fourth-order valence-corrected chi connectivity index (χ4v) is 4.44. The topological polar surface area (TPSA) is 12.0 Å². The number of allylic oxidation sites excluding steroid dienone is 2. The van der Waals surface area contributed by atoms with Gasteiger partial charge in [-0.05, 0) is 41.8 Å². The van der Waals surface area contributed by atoms with E-state index >= 15 is 0 Å². The number of hydrogen-bond acceptors (Lipinski definition) is 1. The van der Waals surface area contributed by atoms with E-state index in [1.54, 1.807) is 0 Å². The van der Waals surface area contributed by atoms with Crippen LogP contribution < -0.4 is 5.32 Å². The maximum Gasteiger partial charge on any atom is 0.0645 e. The first-order chi connectivity index (χ1) is 13.3. The van der Waals surface area contributed by atoms with Crippen LogP contribution in [-0.4, -0.2) is 13.1 Å². The number of likely N-dealkylation sites (N-methyl/N-ethyl adjacent to an activating group) is 1. The second kappa shape index (κ2) is 7.38. The highest BCUT2D eigenvalue weighted by Crippen LogP contribution is 2.49. The maximum atomic E-state index is 3.58. The molecule has 1 unspecified atom stereocenters. The van der Waals surface area contributed by atoms with Gasteiger partial charge in [0.25, 0.3) is 0 Å². The first-order valence-corrected chi connectivity index (χ1v) is 9.51. The zero-order valence-electron chi connectivity index (χ0n) is 15.9. The van der Waals surface area contributed by atoms with E-state index in [0.717, 1.165) is 0 Å². The second-order valence-corrected chi connectivity index (χ2v) is 7.09. The maximum absolute atomic E-state index is 3.58. The first-order valence-electron chi connectivity index (χ1n) is 9.51. The van der Waals surface area contributed by atoms with Crippen LogP contribution in [-0.2, 0) is 5.41 Å². The van der Waals surface area contributed by atoms with Gasteiger partial charge in [-0.25, -0.2) is 0 Å². The van der Waals surface area contributed by atoms with Crippen LogP contribution >= 0.6 is 0 Å². The highest BCUT2D eigenvalue weighted by molar-refractivity contribution is 5.84. The van der Waals surface area contributed by atoms with Crippen molar-refractivity contribution in [3.8, 4) is 0 Å². The summed E-state index contributed by atoms with van der Waals surface area (Å²) < 4.78 is 0. The standard InChI is InChI=1S/C26H25N/c1-20-12-9-10-17-23(20)24-18-11-19-25(27-2)26(24,21-13-5-3-6-14-21)22-15-7-4-8-16-22/h3-19,25,27H,1-2H3. The lowest BCUT2D eigenvalue weighted by molar-refractivity contribution is 0.504. The van der Waals surface area contributed by atoms with Crippen molar-refractivity contribution >= 4 is 5.57 Å². The Morgan fingerprint density at radius 1 is 0.741 bits per heavy atom. The molecule has 0 saturated heterocycles. The van der Waals surface area contributed by atoms with Gasteiger partial charge >= 0.3 is 0 Å². The number of aryl methyl sites for hydroxylation is 1. The van der Waals surface area contributed by atoms with Crippen molar-refractivity contribution in [2.75, 3.05) is 7.05 Å². The molecule has 0 saturated carbocycles. The molecule has 1 nitrogen and oxygen atoms in total. The number of benzene rings is 3. The molecule has 4 rings (SSSR count). The van der Waals surface area contributed by atoms with E-state index in [1.165, 1.54) is 27.8 Å². The molecule has 0 aliphatic heterocycles. The summed E-state index contributed by atoms with van der Waals surface area (Å²) in [5.41, 5.74) is 6.24. The van der Waals surface area contributed by atoms with Crippen LogP contribution in [0.3, 0.4) is 0 Å². The molecule has 3 aromatic rings. The third-order valence-electron chi connectivity index (χ3n) is 5.66. The van der Waals surface area contributed by atoms with E-state index in [-0.39, 0.29) is 11.5 Å². The molecule has 1 heteroatoms. The number of hydrogen-bond donors (Lipinski definition) is 1. The number of nitrogens with one attached hydrogen (secondary N) is 1. The fraction of sp³-hybridized carbons (Fsp3) is 0.154. The summed E-state index contributed by atoms with van der Waals surface area (Å²) in [4.78, 5) is 0. The van der Waals surface area contributed by atoms with Crippen LogP contribution in [0.1, 0.15) is 22.3 Å². The normalized spacial score (nSPS) is 18.1. The van der Waals surface area contributed by atoms with Crippen molar-refractivity contribution < 1.29 is 0 Å². The molecule has 0 bridgehead atoms. The van der Waals surface area contributed by atoms with E-state index in [4.69, 9.17) is 0 Å². The van der Waals surface area contributed by atoms with Gasteiger partial charge in [0.15, 0.2) is 0 Å². The molecule has 0 aromatic heterocycles. The van der Waals surface area contributed by atoms with Crippen LogP contribution in [0.15, 0.2) is 103 Å². The van der Waals surface area contributed by atoms with Gasteiger partial charge in [-0.3, -0.25) is 0 Å². The smallest absolute Gasteiger partial charge is 0.0645 e. The summed E-state index contributed by atoms with van der Waals surface area (Å²) in [6.45, 7) is 2.20. The van der Waals surface area contributed by atoms with Crippen LogP contribution in [0.4, 0.5) is 0 Å². The lowest BCUT2D eigenvalue weighted by Gasteiger charge is -2.45. The highest BCUT2D eigenvalue weighted by Gasteiger charge is 2.45. The second-order valence-electron chi connectivity index (χ2n) is 7.09. The molecular formula is C26H25N. The Kier molecular flexibility index (Phi) is 4.79. The van der Waals surface area contributed by atoms with Gasteiger partial charge < -0.3 is 5.32 Å². The average molecular weight is 351 g/mol. The molecule has 0 spiro atoms. The molecule has 0 heterocycles. The molecular weight excluding hydrogens is 326 g/mol. The molecule has 0 radical (unpaired) electrons. The van der Waals surface area contributed by atoms with Gasteiger partial charge in [-0.2, -0.15) is 0 Å². The minimum atomic E-state index is -0.294. The quantitative estimate of drug-likeness (QED) is 0.652. The lowest BCUT2D eigenvalue weighted by atomic mass is 9.60. The third kappa shape index (κ3) is 2.85. The Balaban J connectivity index is 2.08. The molecule has 1 aliphatic rings. The molecule has 1 aliphatic carbocycles. The van der Waals surface area contributed by atoms with Gasteiger partial charge in [0.2, 0.25) is 0 Å². The van der Waals surface area contributed by atoms with E-state index in [9.17, 15) is 0 Å². The first kappa shape index (κ1) is 17.5. The fourth-order valence-electron chi connectivity index (χ4n) is 4.44. The Bertz CT molecular complexity index is 928. The van der Waals surface area contributed by atoms with Crippen molar-refractivity contribution in [2.24, 2.45) is 0 Å². The molecule has 1 atom stereocenters. The summed E-state index contributed by atoms with van der Waals surface area (Å²) in [7, 11) is 2.05. The van der Waals surface area contributed by atoms with Crippen LogP contribution in [0.5, 0.6) is 0 Å². The van der Waals surface area contributed by atoms with Crippen LogP contribution in [0.2, 0.25) is 0 Å². The Morgan fingerprint density at radius 2 is 1.30 bits per heavy atom. The highest BCUT2D eigenvalue weighted by atomic mass is 14.9. The van der Waals surface area contributed by atoms with Gasteiger partial charge in [-0.15, -0.1) is 0 Å². The lowest BCUT2D eigenvalue weighted by Crippen LogP contribution is -2.49. The summed E-state index contributed by atoms with van der Waals surface area (Å²) in [6, 6.07) is 30.6. The predicted molar refractivity (Wildman–Crippen MR) is 115 cm³/mol. The largest absolute Gasteiger partial charge is 0.312 e. The predicted octanol–water partition coefficient (Wildman–Crippen LogP) is 5.52. The molecule has 134 valence electrons. The summed E-state index contributed by atoms with van der Waals surface area (Å²) in [6.07, 6.45) is 6.75. The monoisotopic (exact) mass is 351 g/mol. The summed E-state index contributed by atoms with van der Waals surface area (Å²) in [5, 5.41) is 3.58. The molecule has 3 aromatic carbocycles. The zero-order chi connectivity index (χ0) is 18.7. The van der Waals surface area contributed by atoms with Crippen molar-refractivity contribution in [3.05, 3.63) is 125 Å². The average Bonchev–Trinajstić information content (AvgIpc) is 2.74. The Labute approximate surface area is 162 Å².